The molecule has 29 heavy (non-hydrogen) atoms. The summed E-state index contributed by atoms with van der Waals surface area (Å²) < 4.78 is 5.86. The molecule has 0 bridgehead atoms. The maximum atomic E-state index is 12.0. The van der Waals surface area contributed by atoms with E-state index in [0.29, 0.717) is 31.3 Å². The van der Waals surface area contributed by atoms with Crippen LogP contribution < -0.4 is 11.1 Å². The lowest BCUT2D eigenvalue weighted by Crippen LogP contribution is -2.38. The van der Waals surface area contributed by atoms with Gasteiger partial charge < -0.3 is 15.8 Å². The Kier molecular flexibility index (Phi) is 12.8. The molecule has 0 aromatic heterocycles. The van der Waals surface area contributed by atoms with Crippen LogP contribution in [-0.4, -0.2) is 36.4 Å². The quantitative estimate of drug-likeness (QED) is 0.563. The zero-order valence-electron chi connectivity index (χ0n) is 18.7. The minimum Gasteiger partial charge on any atom is -0.378 e. The van der Waals surface area contributed by atoms with Gasteiger partial charge in [-0.3, -0.25) is 14.4 Å². The second-order valence-corrected chi connectivity index (χ2v) is 8.73. The minimum atomic E-state index is -0.241. The van der Waals surface area contributed by atoms with Gasteiger partial charge in [-0.25, -0.2) is 0 Å². The number of hydrogen-bond acceptors (Lipinski definition) is 4. The molecule has 2 saturated carbocycles. The van der Waals surface area contributed by atoms with Crippen LogP contribution in [0, 0.1) is 11.8 Å². The van der Waals surface area contributed by atoms with E-state index in [1.165, 1.54) is 32.1 Å². The molecule has 2 aliphatic carbocycles. The Balaban J connectivity index is 0.000000612. The number of hydrogen-bond donors (Lipinski definition) is 2. The summed E-state index contributed by atoms with van der Waals surface area (Å²) >= 11 is 0. The molecule has 2 rings (SSSR count). The lowest BCUT2D eigenvalue weighted by molar-refractivity contribution is -0.124. The Morgan fingerprint density at radius 1 is 1.00 bits per heavy atom. The van der Waals surface area contributed by atoms with Gasteiger partial charge in [0.15, 0.2) is 0 Å². The first kappa shape index (κ1) is 25.6. The van der Waals surface area contributed by atoms with E-state index in [9.17, 15) is 14.4 Å². The molecule has 2 amide bonds. The van der Waals surface area contributed by atoms with Gasteiger partial charge >= 0.3 is 0 Å². The Bertz CT molecular complexity index is 493. The van der Waals surface area contributed by atoms with E-state index in [-0.39, 0.29) is 29.7 Å². The van der Waals surface area contributed by atoms with Gasteiger partial charge in [-0.05, 0) is 44.9 Å². The molecule has 0 heterocycles. The van der Waals surface area contributed by atoms with E-state index in [1.807, 2.05) is 6.92 Å². The van der Waals surface area contributed by atoms with Gasteiger partial charge in [0, 0.05) is 37.3 Å². The highest BCUT2D eigenvalue weighted by molar-refractivity contribution is 5.81. The minimum absolute atomic E-state index is 0.00926. The fourth-order valence-electron chi connectivity index (χ4n) is 3.86. The fourth-order valence-corrected chi connectivity index (χ4v) is 3.86. The van der Waals surface area contributed by atoms with Gasteiger partial charge in [0.1, 0.15) is 5.78 Å². The van der Waals surface area contributed by atoms with Crippen LogP contribution in [-0.2, 0) is 19.1 Å². The Morgan fingerprint density at radius 2 is 1.59 bits per heavy atom. The largest absolute Gasteiger partial charge is 0.378 e. The summed E-state index contributed by atoms with van der Waals surface area (Å²) in [4.78, 5) is 33.6. The number of amides is 2. The van der Waals surface area contributed by atoms with Crippen LogP contribution in [0.25, 0.3) is 0 Å². The third kappa shape index (κ3) is 11.4. The highest BCUT2D eigenvalue weighted by Crippen LogP contribution is 2.26. The predicted octanol–water partition coefficient (Wildman–Crippen LogP) is 3.90. The van der Waals surface area contributed by atoms with Crippen LogP contribution in [0.15, 0.2) is 0 Å². The summed E-state index contributed by atoms with van der Waals surface area (Å²) in [6.45, 7) is 6.17. The smallest absolute Gasteiger partial charge is 0.220 e. The standard InChI is InChI=1S/C19H33NO3.C4H9NO/c1-2-18(21)15-10-12-16(13-11-15)20-19(22)9-6-14-23-17-7-4-3-5-8-17;1-3(2)4(5)6/h15-17H,2-14H2,1H3,(H,20,22);3H,1-2H3,(H2,5,6). The summed E-state index contributed by atoms with van der Waals surface area (Å²) in [5.74, 6) is 0.509. The van der Waals surface area contributed by atoms with Crippen molar-refractivity contribution in [3.63, 3.8) is 0 Å². The van der Waals surface area contributed by atoms with Crippen molar-refractivity contribution in [1.29, 1.82) is 0 Å². The lowest BCUT2D eigenvalue weighted by Gasteiger charge is -2.28. The number of carbonyl (C=O) groups is 3. The van der Waals surface area contributed by atoms with Gasteiger partial charge in [0.2, 0.25) is 11.8 Å². The summed E-state index contributed by atoms with van der Waals surface area (Å²) in [6.07, 6.45) is 12.5. The molecule has 0 aromatic carbocycles. The molecule has 6 nitrogen and oxygen atoms in total. The second-order valence-electron chi connectivity index (χ2n) is 8.73. The monoisotopic (exact) mass is 410 g/mol. The number of rotatable bonds is 9. The van der Waals surface area contributed by atoms with Gasteiger partial charge in [-0.1, -0.05) is 40.0 Å². The number of nitrogens with two attached hydrogens (primary N) is 1. The molecular formula is C23H42N2O4. The van der Waals surface area contributed by atoms with Gasteiger partial charge in [0.25, 0.3) is 0 Å². The van der Waals surface area contributed by atoms with Crippen molar-refractivity contribution in [2.75, 3.05) is 6.61 Å². The normalized spacial score (nSPS) is 22.5. The molecular weight excluding hydrogens is 368 g/mol. The van der Waals surface area contributed by atoms with E-state index in [4.69, 9.17) is 10.5 Å². The number of Topliss-reactive ketones (excluding diaryl/α,β-unsaturated/α-hetero) is 1. The van der Waals surface area contributed by atoms with Crippen molar-refractivity contribution in [3.05, 3.63) is 0 Å². The first-order chi connectivity index (χ1) is 13.8. The third-order valence-corrected chi connectivity index (χ3v) is 5.92. The second kappa shape index (κ2) is 14.5. The molecule has 0 unspecified atom stereocenters. The van der Waals surface area contributed by atoms with Crippen LogP contribution in [0.1, 0.15) is 97.8 Å². The topological polar surface area (TPSA) is 98.5 Å². The molecule has 6 heteroatoms. The maximum Gasteiger partial charge on any atom is 0.220 e. The van der Waals surface area contributed by atoms with Crippen molar-refractivity contribution < 1.29 is 19.1 Å². The summed E-state index contributed by atoms with van der Waals surface area (Å²) in [6, 6.07) is 0.266. The molecule has 0 aromatic rings. The first-order valence-electron chi connectivity index (χ1n) is 11.6. The van der Waals surface area contributed by atoms with Crippen molar-refractivity contribution in [1.82, 2.24) is 5.32 Å². The van der Waals surface area contributed by atoms with E-state index >= 15 is 0 Å². The average Bonchev–Trinajstić information content (AvgIpc) is 2.72. The van der Waals surface area contributed by atoms with Crippen LogP contribution >= 0.6 is 0 Å². The molecule has 0 spiro atoms. The summed E-state index contributed by atoms with van der Waals surface area (Å²) in [7, 11) is 0. The van der Waals surface area contributed by atoms with Gasteiger partial charge in [-0.15, -0.1) is 0 Å². The molecule has 2 aliphatic rings. The number of ketones is 1. The molecule has 0 radical (unpaired) electrons. The van der Waals surface area contributed by atoms with E-state index < -0.39 is 0 Å². The van der Waals surface area contributed by atoms with Crippen LogP contribution in [0.3, 0.4) is 0 Å². The molecule has 0 saturated heterocycles. The lowest BCUT2D eigenvalue weighted by atomic mass is 9.83. The van der Waals surface area contributed by atoms with Gasteiger partial charge in [-0.2, -0.15) is 0 Å². The summed E-state index contributed by atoms with van der Waals surface area (Å²) in [5.41, 5.74) is 4.80. The van der Waals surface area contributed by atoms with E-state index in [2.05, 4.69) is 5.32 Å². The molecule has 0 aliphatic heterocycles. The highest BCUT2D eigenvalue weighted by Gasteiger charge is 2.25. The Labute approximate surface area is 176 Å². The first-order valence-corrected chi connectivity index (χ1v) is 11.6. The summed E-state index contributed by atoms with van der Waals surface area (Å²) in [5, 5.41) is 3.13. The predicted molar refractivity (Wildman–Crippen MR) is 115 cm³/mol. The highest BCUT2D eigenvalue weighted by atomic mass is 16.5. The van der Waals surface area contributed by atoms with Crippen LogP contribution in [0.2, 0.25) is 0 Å². The molecule has 2 fully saturated rings. The van der Waals surface area contributed by atoms with Crippen LogP contribution in [0.5, 0.6) is 0 Å². The third-order valence-electron chi connectivity index (χ3n) is 5.92. The van der Waals surface area contributed by atoms with Crippen molar-refractivity contribution in [2.24, 2.45) is 17.6 Å². The van der Waals surface area contributed by atoms with Crippen molar-refractivity contribution in [2.45, 2.75) is 110 Å². The zero-order chi connectivity index (χ0) is 21.6. The number of carbonyl (C=O) groups excluding carboxylic acids is 3. The molecule has 168 valence electrons. The van der Waals surface area contributed by atoms with E-state index in [0.717, 1.165) is 32.1 Å². The average molecular weight is 411 g/mol. The Morgan fingerprint density at radius 3 is 2.10 bits per heavy atom. The van der Waals surface area contributed by atoms with Crippen molar-refractivity contribution >= 4 is 17.6 Å². The number of nitrogens with one attached hydrogen (secondary N) is 1. The Hall–Kier alpha value is -1.43. The molecule has 0 atom stereocenters. The van der Waals surface area contributed by atoms with Gasteiger partial charge in [0.05, 0.1) is 6.10 Å². The SMILES string of the molecule is CC(C)C(N)=O.CCC(=O)C1CCC(NC(=O)CCCOC2CCCCC2)CC1. The van der Waals surface area contributed by atoms with E-state index in [1.54, 1.807) is 13.8 Å². The number of ether oxygens (including phenoxy) is 1. The van der Waals surface area contributed by atoms with Crippen LogP contribution in [0.4, 0.5) is 0 Å². The maximum absolute atomic E-state index is 12.0. The molecule has 3 N–H and O–H groups in total. The zero-order valence-corrected chi connectivity index (χ0v) is 18.7. The van der Waals surface area contributed by atoms with Crippen molar-refractivity contribution in [3.8, 4) is 0 Å². The fraction of sp³-hybridized carbons (Fsp3) is 0.870. The number of primary amides is 1.